The smallest absolute Gasteiger partial charge is 0.390 e. The van der Waals surface area contributed by atoms with Crippen LogP contribution < -0.4 is 10.9 Å². The summed E-state index contributed by atoms with van der Waals surface area (Å²) >= 11 is 0. The summed E-state index contributed by atoms with van der Waals surface area (Å²) in [7, 11) is 0. The molecule has 2 N–H and O–H groups in total. The lowest BCUT2D eigenvalue weighted by Crippen LogP contribution is -2.47. The number of halogens is 3. The zero-order chi connectivity index (χ0) is 22.3. The summed E-state index contributed by atoms with van der Waals surface area (Å²) in [5.74, 6) is -1.05. The first-order chi connectivity index (χ1) is 14.7. The van der Waals surface area contributed by atoms with Crippen molar-refractivity contribution in [2.45, 2.75) is 51.0 Å². The lowest BCUT2D eigenvalue weighted by atomic mass is 9.86. The molecule has 2 fully saturated rings. The molecule has 4 rings (SSSR count). The van der Waals surface area contributed by atoms with Crippen LogP contribution in [0.15, 0.2) is 23.0 Å². The van der Waals surface area contributed by atoms with Gasteiger partial charge in [-0.05, 0) is 37.8 Å². The molecule has 1 amide bonds. The van der Waals surface area contributed by atoms with E-state index in [2.05, 4.69) is 5.32 Å². The van der Waals surface area contributed by atoms with Gasteiger partial charge in [0.25, 0.3) is 5.56 Å². The molecule has 1 aliphatic carbocycles. The molecule has 1 aromatic heterocycles. The van der Waals surface area contributed by atoms with Crippen molar-refractivity contribution in [3.05, 3.63) is 39.8 Å². The van der Waals surface area contributed by atoms with Gasteiger partial charge in [-0.25, -0.2) is 0 Å². The molecule has 3 aliphatic rings. The normalized spacial score (nSPS) is 28.2. The van der Waals surface area contributed by atoms with E-state index in [-0.39, 0.29) is 31.2 Å². The van der Waals surface area contributed by atoms with Crippen LogP contribution in [0, 0.1) is 17.8 Å². The zero-order valence-electron chi connectivity index (χ0n) is 17.4. The van der Waals surface area contributed by atoms with Crippen LogP contribution in [0.3, 0.4) is 0 Å². The number of amides is 1. The second-order valence-corrected chi connectivity index (χ2v) is 8.81. The highest BCUT2D eigenvalue weighted by Crippen LogP contribution is 2.48. The summed E-state index contributed by atoms with van der Waals surface area (Å²) in [6.45, 7) is 1.91. The molecular formula is C22H28F3N3O3. The van der Waals surface area contributed by atoms with Crippen LogP contribution >= 0.6 is 0 Å². The topological polar surface area (TPSA) is 74.6 Å². The standard InChI is InChI=1S/C22H28F3N3O3/c1-2-3-14-6-7-16-19-18(20(30)26-10-13-4-5-13)15(12-29)17(11-28(16)21(14)31)27(19)9-8-22(23,24)25/h2-3,6-7,13,15,17-19,29H,4-5,8-12H2,1H3,(H,26,30)/b3-2+/t15-,17-,18+,19+/m0/s1. The van der Waals surface area contributed by atoms with Crippen molar-refractivity contribution in [1.29, 1.82) is 0 Å². The van der Waals surface area contributed by atoms with E-state index in [9.17, 15) is 27.9 Å². The van der Waals surface area contributed by atoms with Crippen molar-refractivity contribution in [3.63, 3.8) is 0 Å². The van der Waals surface area contributed by atoms with Gasteiger partial charge in [-0.1, -0.05) is 12.2 Å². The second kappa shape index (κ2) is 8.43. The Labute approximate surface area is 178 Å². The summed E-state index contributed by atoms with van der Waals surface area (Å²) in [6, 6.07) is 2.20. The average molecular weight is 439 g/mol. The Morgan fingerprint density at radius 1 is 1.32 bits per heavy atom. The van der Waals surface area contributed by atoms with Crippen molar-refractivity contribution in [2.24, 2.45) is 17.8 Å². The van der Waals surface area contributed by atoms with Gasteiger partial charge < -0.3 is 15.0 Å². The predicted molar refractivity (Wildman–Crippen MR) is 109 cm³/mol. The average Bonchev–Trinajstić information content (AvgIpc) is 3.51. The summed E-state index contributed by atoms with van der Waals surface area (Å²) in [5, 5.41) is 13.1. The lowest BCUT2D eigenvalue weighted by molar-refractivity contribution is -0.140. The zero-order valence-corrected chi connectivity index (χ0v) is 17.4. The number of allylic oxidation sites excluding steroid dienone is 1. The molecule has 0 unspecified atom stereocenters. The Kier molecular flexibility index (Phi) is 6.00. The number of nitrogens with one attached hydrogen (secondary N) is 1. The van der Waals surface area contributed by atoms with Gasteiger partial charge in [-0.3, -0.25) is 14.5 Å². The number of rotatable bonds is 7. The Morgan fingerprint density at radius 3 is 2.68 bits per heavy atom. The minimum Gasteiger partial charge on any atom is -0.396 e. The summed E-state index contributed by atoms with van der Waals surface area (Å²) < 4.78 is 40.6. The van der Waals surface area contributed by atoms with Crippen LogP contribution in [0.1, 0.15) is 43.5 Å². The van der Waals surface area contributed by atoms with Gasteiger partial charge in [0.15, 0.2) is 0 Å². The first-order valence-corrected chi connectivity index (χ1v) is 10.8. The van der Waals surface area contributed by atoms with Crippen LogP contribution in [-0.2, 0) is 11.3 Å². The molecule has 0 aromatic carbocycles. The highest BCUT2D eigenvalue weighted by atomic mass is 19.4. The van der Waals surface area contributed by atoms with Gasteiger partial charge in [-0.2, -0.15) is 13.2 Å². The van der Waals surface area contributed by atoms with Crippen molar-refractivity contribution in [2.75, 3.05) is 19.7 Å². The van der Waals surface area contributed by atoms with E-state index in [1.165, 1.54) is 0 Å². The van der Waals surface area contributed by atoms with Gasteiger partial charge in [0.1, 0.15) is 0 Å². The first-order valence-electron chi connectivity index (χ1n) is 10.8. The van der Waals surface area contributed by atoms with Crippen molar-refractivity contribution >= 4 is 12.0 Å². The number of hydrogen-bond donors (Lipinski definition) is 2. The molecule has 1 saturated carbocycles. The monoisotopic (exact) mass is 439 g/mol. The van der Waals surface area contributed by atoms with E-state index in [4.69, 9.17) is 0 Å². The van der Waals surface area contributed by atoms with Crippen molar-refractivity contribution in [3.8, 4) is 0 Å². The number of nitrogens with zero attached hydrogens (tertiary/aromatic N) is 2. The van der Waals surface area contributed by atoms with Gasteiger partial charge in [0.2, 0.25) is 5.91 Å². The fourth-order valence-electron chi connectivity index (χ4n) is 5.09. The number of carbonyl (C=O) groups is 1. The molecule has 3 heterocycles. The molecule has 170 valence electrons. The van der Waals surface area contributed by atoms with Crippen molar-refractivity contribution < 1.29 is 23.1 Å². The number of aliphatic hydroxyl groups is 1. The highest BCUT2D eigenvalue weighted by Gasteiger charge is 2.56. The molecule has 31 heavy (non-hydrogen) atoms. The third-order valence-corrected chi connectivity index (χ3v) is 6.76. The number of aliphatic hydroxyl groups excluding tert-OH is 1. The van der Waals surface area contributed by atoms with E-state index in [0.717, 1.165) is 12.8 Å². The van der Waals surface area contributed by atoms with Gasteiger partial charge in [0, 0.05) is 49.5 Å². The number of alkyl halides is 3. The third kappa shape index (κ3) is 4.30. The molecule has 4 atom stereocenters. The van der Waals surface area contributed by atoms with E-state index in [1.807, 2.05) is 0 Å². The molecular weight excluding hydrogens is 411 g/mol. The maximum Gasteiger partial charge on any atom is 0.390 e. The van der Waals surface area contributed by atoms with E-state index in [0.29, 0.717) is 23.7 Å². The van der Waals surface area contributed by atoms with Gasteiger partial charge in [-0.15, -0.1) is 0 Å². The molecule has 0 radical (unpaired) electrons. The Morgan fingerprint density at radius 2 is 2.06 bits per heavy atom. The summed E-state index contributed by atoms with van der Waals surface area (Å²) in [4.78, 5) is 27.8. The van der Waals surface area contributed by atoms with Crippen molar-refractivity contribution in [1.82, 2.24) is 14.8 Å². The quantitative estimate of drug-likeness (QED) is 0.684. The van der Waals surface area contributed by atoms with Crippen LogP contribution in [-0.4, -0.2) is 52.4 Å². The fraction of sp³-hybridized carbons (Fsp3) is 0.636. The molecule has 2 aliphatic heterocycles. The first kappa shape index (κ1) is 22.1. The van der Waals surface area contributed by atoms with Crippen LogP contribution in [0.2, 0.25) is 0 Å². The van der Waals surface area contributed by atoms with Crippen LogP contribution in [0.4, 0.5) is 13.2 Å². The highest BCUT2D eigenvalue weighted by molar-refractivity contribution is 5.80. The van der Waals surface area contributed by atoms with Gasteiger partial charge >= 0.3 is 6.18 Å². The lowest BCUT2D eigenvalue weighted by Gasteiger charge is -2.38. The fourth-order valence-corrected chi connectivity index (χ4v) is 5.09. The van der Waals surface area contributed by atoms with E-state index < -0.39 is 36.5 Å². The number of hydrogen-bond acceptors (Lipinski definition) is 4. The summed E-state index contributed by atoms with van der Waals surface area (Å²) in [5.41, 5.74) is 0.806. The minimum absolute atomic E-state index is 0.158. The third-order valence-electron chi connectivity index (χ3n) is 6.76. The molecule has 9 heteroatoms. The predicted octanol–water partition coefficient (Wildman–Crippen LogP) is 2.32. The van der Waals surface area contributed by atoms with E-state index in [1.54, 1.807) is 40.7 Å². The number of aromatic nitrogens is 1. The van der Waals surface area contributed by atoms with Crippen LogP contribution in [0.25, 0.3) is 6.08 Å². The summed E-state index contributed by atoms with van der Waals surface area (Å²) in [6.07, 6.45) is 0.229. The number of pyridine rings is 1. The molecule has 1 aromatic rings. The maximum atomic E-state index is 13.1. The largest absolute Gasteiger partial charge is 0.396 e. The molecule has 6 nitrogen and oxygen atoms in total. The molecule has 2 bridgehead atoms. The number of carbonyl (C=O) groups excluding carboxylic acids is 1. The molecule has 1 saturated heterocycles. The van der Waals surface area contributed by atoms with E-state index >= 15 is 0 Å². The SMILES string of the molecule is C/C=C/c1ccc2n(c1=O)C[C@H]1[C@H](CO)[C@@H](C(=O)NCC3CC3)[C@@H]2N1CCC(F)(F)F. The maximum absolute atomic E-state index is 13.1. The van der Waals surface area contributed by atoms with Crippen LogP contribution in [0.5, 0.6) is 0 Å². The Hall–Kier alpha value is -2.13. The minimum atomic E-state index is -4.33. The number of fused-ring (bicyclic) bond motifs is 4. The Balaban J connectivity index is 1.73. The Bertz CT molecular complexity index is 923. The molecule has 0 spiro atoms. The second-order valence-electron chi connectivity index (χ2n) is 8.81. The van der Waals surface area contributed by atoms with Gasteiger partial charge in [0.05, 0.1) is 18.4 Å².